The van der Waals surface area contributed by atoms with Gasteiger partial charge in [0.15, 0.2) is 5.58 Å². The molecule has 3 N–H and O–H groups in total. The van der Waals surface area contributed by atoms with E-state index in [1.54, 1.807) is 0 Å². The fourth-order valence-electron chi connectivity index (χ4n) is 1.41. The average Bonchev–Trinajstić information content (AvgIpc) is 2.75. The van der Waals surface area contributed by atoms with Gasteiger partial charge in [0.2, 0.25) is 0 Å². The second kappa shape index (κ2) is 5.21. The number of aromatic nitrogens is 1. The monoisotopic (exact) mass is 266 g/mol. The van der Waals surface area contributed by atoms with E-state index in [-0.39, 0.29) is 24.9 Å². The predicted octanol–water partition coefficient (Wildman–Crippen LogP) is 1.24. The number of rotatable bonds is 5. The normalized spacial score (nSPS) is 10.3. The number of nitro benzene ring substituents is 1. The van der Waals surface area contributed by atoms with Crippen molar-refractivity contribution in [3.8, 4) is 0 Å². The molecule has 0 aliphatic heterocycles. The fourth-order valence-corrected chi connectivity index (χ4v) is 1.41. The summed E-state index contributed by atoms with van der Waals surface area (Å²) >= 11 is 0. The first-order valence-corrected chi connectivity index (χ1v) is 5.27. The number of hydrogen-bond donors (Lipinski definition) is 2. The summed E-state index contributed by atoms with van der Waals surface area (Å²) in [5.74, 6) is 0. The highest BCUT2D eigenvalue weighted by Crippen LogP contribution is 2.23. The number of benzene rings is 1. The van der Waals surface area contributed by atoms with E-state index in [0.717, 1.165) is 0 Å². The SMILES string of the molecule is NC(=O)OCCNc1nc2cc([N+](=O)[O-])ccc2o1. The fraction of sp³-hybridized carbons (Fsp3) is 0.200. The molecule has 1 aromatic carbocycles. The number of nitrogens with two attached hydrogens (primary N) is 1. The van der Waals surface area contributed by atoms with Crippen molar-refractivity contribution >= 4 is 28.9 Å². The quantitative estimate of drug-likeness (QED) is 0.472. The number of nitro groups is 1. The summed E-state index contributed by atoms with van der Waals surface area (Å²) in [5.41, 5.74) is 5.51. The second-order valence-corrected chi connectivity index (χ2v) is 3.52. The third-order valence-electron chi connectivity index (χ3n) is 2.20. The number of ether oxygens (including phenoxy) is 1. The van der Waals surface area contributed by atoms with E-state index in [9.17, 15) is 14.9 Å². The van der Waals surface area contributed by atoms with E-state index in [4.69, 9.17) is 10.2 Å². The first-order chi connectivity index (χ1) is 9.06. The lowest BCUT2D eigenvalue weighted by Gasteiger charge is -2.00. The average molecular weight is 266 g/mol. The third-order valence-corrected chi connectivity index (χ3v) is 2.20. The number of carbonyl (C=O) groups excluding carboxylic acids is 1. The molecule has 0 aliphatic carbocycles. The van der Waals surface area contributed by atoms with Crippen molar-refractivity contribution in [2.75, 3.05) is 18.5 Å². The summed E-state index contributed by atoms with van der Waals surface area (Å²) in [7, 11) is 0. The lowest BCUT2D eigenvalue weighted by atomic mass is 10.3. The number of oxazole rings is 1. The first kappa shape index (κ1) is 12.6. The maximum absolute atomic E-state index is 10.6. The maximum atomic E-state index is 10.6. The minimum Gasteiger partial charge on any atom is -0.448 e. The predicted molar refractivity (Wildman–Crippen MR) is 64.7 cm³/mol. The Balaban J connectivity index is 2.04. The van der Waals surface area contributed by atoms with Crippen LogP contribution < -0.4 is 11.1 Å². The Morgan fingerprint density at radius 1 is 1.58 bits per heavy atom. The molecule has 1 amide bonds. The molecule has 0 radical (unpaired) electrons. The van der Waals surface area contributed by atoms with Crippen LogP contribution in [0.4, 0.5) is 16.5 Å². The largest absolute Gasteiger partial charge is 0.448 e. The molecule has 100 valence electrons. The number of non-ortho nitro benzene ring substituents is 1. The van der Waals surface area contributed by atoms with E-state index < -0.39 is 11.0 Å². The standard InChI is InChI=1S/C10H10N4O5/c11-9(15)18-4-3-12-10-13-7-5-6(14(16)17)1-2-8(7)19-10/h1-2,5H,3-4H2,(H2,11,15)(H,12,13). The number of hydrogen-bond acceptors (Lipinski definition) is 7. The van der Waals surface area contributed by atoms with Crippen LogP contribution >= 0.6 is 0 Å². The number of amides is 1. The third kappa shape index (κ3) is 3.09. The van der Waals surface area contributed by atoms with Crippen LogP contribution in [-0.4, -0.2) is 29.2 Å². The summed E-state index contributed by atoms with van der Waals surface area (Å²) < 4.78 is 9.80. The molecule has 2 rings (SSSR count). The lowest BCUT2D eigenvalue weighted by molar-refractivity contribution is -0.384. The van der Waals surface area contributed by atoms with E-state index in [1.807, 2.05) is 0 Å². The van der Waals surface area contributed by atoms with Crippen LogP contribution in [0.15, 0.2) is 22.6 Å². The van der Waals surface area contributed by atoms with Gasteiger partial charge in [0.05, 0.1) is 11.5 Å². The molecular formula is C10H10N4O5. The van der Waals surface area contributed by atoms with Gasteiger partial charge in [0.1, 0.15) is 12.1 Å². The van der Waals surface area contributed by atoms with Gasteiger partial charge >= 0.3 is 6.09 Å². The summed E-state index contributed by atoms with van der Waals surface area (Å²) in [6, 6.07) is 4.28. The van der Waals surface area contributed by atoms with Crippen molar-refractivity contribution in [2.45, 2.75) is 0 Å². The number of fused-ring (bicyclic) bond motifs is 1. The maximum Gasteiger partial charge on any atom is 0.404 e. The molecule has 0 fully saturated rings. The van der Waals surface area contributed by atoms with E-state index in [0.29, 0.717) is 11.1 Å². The molecule has 0 atom stereocenters. The number of primary amides is 1. The molecule has 0 bridgehead atoms. The van der Waals surface area contributed by atoms with Crippen LogP contribution in [0.2, 0.25) is 0 Å². The van der Waals surface area contributed by atoms with Gasteiger partial charge in [-0.25, -0.2) is 4.79 Å². The lowest BCUT2D eigenvalue weighted by Crippen LogP contribution is -2.18. The summed E-state index contributed by atoms with van der Waals surface area (Å²) in [6.45, 7) is 0.325. The molecule has 9 heteroatoms. The van der Waals surface area contributed by atoms with Gasteiger partial charge in [0, 0.05) is 12.1 Å². The summed E-state index contributed by atoms with van der Waals surface area (Å²) in [5, 5.41) is 13.4. The Kier molecular flexibility index (Phi) is 3.46. The highest BCUT2D eigenvalue weighted by molar-refractivity contribution is 5.77. The Morgan fingerprint density at radius 3 is 3.05 bits per heavy atom. The van der Waals surface area contributed by atoms with Gasteiger partial charge in [0.25, 0.3) is 11.7 Å². The first-order valence-electron chi connectivity index (χ1n) is 5.27. The van der Waals surface area contributed by atoms with Crippen molar-refractivity contribution < 1.29 is 18.9 Å². The molecule has 0 aliphatic rings. The Hall–Kier alpha value is -2.84. The number of carbonyl (C=O) groups is 1. The topological polar surface area (TPSA) is 134 Å². The van der Waals surface area contributed by atoms with Crippen molar-refractivity contribution in [3.05, 3.63) is 28.3 Å². The van der Waals surface area contributed by atoms with Gasteiger partial charge in [-0.2, -0.15) is 4.98 Å². The van der Waals surface area contributed by atoms with Gasteiger partial charge < -0.3 is 20.2 Å². The summed E-state index contributed by atoms with van der Waals surface area (Å²) in [6.07, 6.45) is -0.866. The Morgan fingerprint density at radius 2 is 2.37 bits per heavy atom. The van der Waals surface area contributed by atoms with Crippen molar-refractivity contribution in [2.24, 2.45) is 5.73 Å². The molecule has 9 nitrogen and oxygen atoms in total. The minimum atomic E-state index is -0.866. The number of nitrogens with one attached hydrogen (secondary N) is 1. The summed E-state index contributed by atoms with van der Waals surface area (Å²) in [4.78, 5) is 24.4. The molecule has 1 heterocycles. The zero-order valence-electron chi connectivity index (χ0n) is 9.66. The minimum absolute atomic E-state index is 0.0637. The molecule has 0 saturated carbocycles. The van der Waals surface area contributed by atoms with E-state index in [1.165, 1.54) is 18.2 Å². The van der Waals surface area contributed by atoms with Crippen LogP contribution in [0, 0.1) is 10.1 Å². The molecule has 19 heavy (non-hydrogen) atoms. The number of nitrogens with zero attached hydrogens (tertiary/aromatic N) is 2. The molecule has 1 aromatic heterocycles. The van der Waals surface area contributed by atoms with Gasteiger partial charge in [-0.15, -0.1) is 0 Å². The highest BCUT2D eigenvalue weighted by Gasteiger charge is 2.11. The second-order valence-electron chi connectivity index (χ2n) is 3.52. The van der Waals surface area contributed by atoms with Gasteiger partial charge in [-0.1, -0.05) is 0 Å². The van der Waals surface area contributed by atoms with Crippen LogP contribution in [0.25, 0.3) is 11.1 Å². The zero-order chi connectivity index (χ0) is 13.8. The van der Waals surface area contributed by atoms with Crippen LogP contribution in [0.5, 0.6) is 0 Å². The van der Waals surface area contributed by atoms with Crippen LogP contribution in [0.1, 0.15) is 0 Å². The van der Waals surface area contributed by atoms with Crippen LogP contribution in [0.3, 0.4) is 0 Å². The van der Waals surface area contributed by atoms with E-state index >= 15 is 0 Å². The molecule has 0 saturated heterocycles. The van der Waals surface area contributed by atoms with Gasteiger partial charge in [-0.3, -0.25) is 10.1 Å². The van der Waals surface area contributed by atoms with Crippen LogP contribution in [-0.2, 0) is 4.74 Å². The van der Waals surface area contributed by atoms with Crippen molar-refractivity contribution in [3.63, 3.8) is 0 Å². The van der Waals surface area contributed by atoms with E-state index in [2.05, 4.69) is 15.0 Å². The van der Waals surface area contributed by atoms with Crippen molar-refractivity contribution in [1.82, 2.24) is 4.98 Å². The Labute approximate surface area is 106 Å². The molecular weight excluding hydrogens is 256 g/mol. The molecule has 0 unspecified atom stereocenters. The smallest absolute Gasteiger partial charge is 0.404 e. The zero-order valence-corrected chi connectivity index (χ0v) is 9.66. The molecule has 0 spiro atoms. The molecule has 2 aromatic rings. The number of anilines is 1. The highest BCUT2D eigenvalue weighted by atomic mass is 16.6. The van der Waals surface area contributed by atoms with Crippen molar-refractivity contribution in [1.29, 1.82) is 0 Å². The van der Waals surface area contributed by atoms with Gasteiger partial charge in [-0.05, 0) is 6.07 Å². The Bertz CT molecular complexity index is 623.